The van der Waals surface area contributed by atoms with E-state index in [4.69, 9.17) is 9.84 Å². The average Bonchev–Trinajstić information content (AvgIpc) is 2.95. The van der Waals surface area contributed by atoms with Crippen LogP contribution in [0.25, 0.3) is 5.52 Å². The van der Waals surface area contributed by atoms with Gasteiger partial charge in [-0.1, -0.05) is 6.07 Å². The van der Waals surface area contributed by atoms with Crippen LogP contribution in [0.1, 0.15) is 0 Å². The third kappa shape index (κ3) is 2.55. The van der Waals surface area contributed by atoms with Crippen LogP contribution in [0.4, 0.5) is 11.5 Å². The molecular formula is C14H14N4O2. The predicted octanol–water partition coefficient (Wildman–Crippen LogP) is 1.84. The maximum atomic E-state index is 8.77. The highest BCUT2D eigenvalue weighted by Crippen LogP contribution is 2.22. The van der Waals surface area contributed by atoms with E-state index in [1.807, 2.05) is 34.9 Å². The van der Waals surface area contributed by atoms with Gasteiger partial charge in [-0.05, 0) is 12.1 Å². The lowest BCUT2D eigenvalue weighted by atomic mass is 10.3. The van der Waals surface area contributed by atoms with Crippen molar-refractivity contribution >= 4 is 17.0 Å². The molecule has 0 bridgehead atoms. The largest absolute Gasteiger partial charge is 0.491 e. The van der Waals surface area contributed by atoms with Crippen LogP contribution in [-0.4, -0.2) is 32.7 Å². The monoisotopic (exact) mass is 270 g/mol. The smallest absolute Gasteiger partial charge is 0.156 e. The molecule has 2 N–H and O–H groups in total. The third-order valence-corrected chi connectivity index (χ3v) is 2.80. The van der Waals surface area contributed by atoms with E-state index in [0.29, 0.717) is 5.75 Å². The normalized spacial score (nSPS) is 10.7. The molecule has 0 aliphatic rings. The number of aliphatic hydroxyl groups excluding tert-OH is 1. The number of hydrogen-bond donors (Lipinski definition) is 2. The van der Waals surface area contributed by atoms with Crippen molar-refractivity contribution in [2.24, 2.45) is 0 Å². The molecule has 102 valence electrons. The van der Waals surface area contributed by atoms with Crippen LogP contribution in [0.5, 0.6) is 5.75 Å². The summed E-state index contributed by atoms with van der Waals surface area (Å²) in [5, 5.41) is 12.0. The summed E-state index contributed by atoms with van der Waals surface area (Å²) in [5.74, 6) is 1.42. The Morgan fingerprint density at radius 2 is 2.30 bits per heavy atom. The van der Waals surface area contributed by atoms with Crippen molar-refractivity contribution in [2.75, 3.05) is 18.5 Å². The average molecular weight is 270 g/mol. The van der Waals surface area contributed by atoms with Gasteiger partial charge in [-0.3, -0.25) is 0 Å². The second-order valence-electron chi connectivity index (χ2n) is 4.19. The van der Waals surface area contributed by atoms with Gasteiger partial charge in [0.05, 0.1) is 19.1 Å². The van der Waals surface area contributed by atoms with Gasteiger partial charge in [0.2, 0.25) is 0 Å². The number of hydrogen-bond acceptors (Lipinski definition) is 5. The van der Waals surface area contributed by atoms with E-state index in [1.54, 1.807) is 18.7 Å². The maximum absolute atomic E-state index is 8.77. The zero-order chi connectivity index (χ0) is 13.8. The van der Waals surface area contributed by atoms with E-state index in [2.05, 4.69) is 15.3 Å². The number of anilines is 2. The first-order valence-corrected chi connectivity index (χ1v) is 6.24. The highest BCUT2D eigenvalue weighted by atomic mass is 16.5. The van der Waals surface area contributed by atoms with Crippen molar-refractivity contribution in [2.45, 2.75) is 0 Å². The summed E-state index contributed by atoms with van der Waals surface area (Å²) >= 11 is 0. The van der Waals surface area contributed by atoms with E-state index in [9.17, 15) is 0 Å². The Bertz CT molecular complexity index is 711. The fraction of sp³-hybridized carbons (Fsp3) is 0.143. The second kappa shape index (κ2) is 5.58. The molecule has 6 nitrogen and oxygen atoms in total. The van der Waals surface area contributed by atoms with Crippen molar-refractivity contribution in [3.05, 3.63) is 49.2 Å². The number of ether oxygens (including phenoxy) is 1. The Hall–Kier alpha value is -2.60. The zero-order valence-electron chi connectivity index (χ0n) is 10.7. The van der Waals surface area contributed by atoms with Crippen LogP contribution in [0, 0.1) is 0 Å². The van der Waals surface area contributed by atoms with E-state index in [1.165, 1.54) is 0 Å². The number of benzene rings is 1. The summed E-state index contributed by atoms with van der Waals surface area (Å²) in [6, 6.07) is 7.50. The topological polar surface area (TPSA) is 71.7 Å². The van der Waals surface area contributed by atoms with Gasteiger partial charge in [0, 0.05) is 24.1 Å². The van der Waals surface area contributed by atoms with Gasteiger partial charge in [-0.2, -0.15) is 0 Å². The lowest BCUT2D eigenvalue weighted by molar-refractivity contribution is 0.201. The third-order valence-electron chi connectivity index (χ3n) is 2.80. The van der Waals surface area contributed by atoms with E-state index in [-0.39, 0.29) is 13.2 Å². The Morgan fingerprint density at radius 3 is 3.20 bits per heavy atom. The minimum absolute atomic E-state index is 0.00561. The molecule has 3 rings (SSSR count). The standard InChI is InChI=1S/C14H14N4O2/c19-6-7-20-12-3-1-2-11(8-12)17-14-13-9-15-10-18(13)5-4-16-14/h1-5,8-10,19H,6-7H2,(H,16,17). The van der Waals surface area contributed by atoms with Gasteiger partial charge in [0.25, 0.3) is 0 Å². The number of rotatable bonds is 5. The summed E-state index contributed by atoms with van der Waals surface area (Å²) in [6.45, 7) is 0.272. The van der Waals surface area contributed by atoms with Crippen molar-refractivity contribution in [3.8, 4) is 5.75 Å². The highest BCUT2D eigenvalue weighted by Gasteiger charge is 2.04. The lowest BCUT2D eigenvalue weighted by Gasteiger charge is -2.09. The van der Waals surface area contributed by atoms with Crippen LogP contribution in [0.3, 0.4) is 0 Å². The van der Waals surface area contributed by atoms with Crippen LogP contribution in [0.15, 0.2) is 49.2 Å². The highest BCUT2D eigenvalue weighted by molar-refractivity contribution is 5.72. The van der Waals surface area contributed by atoms with Gasteiger partial charge in [0.15, 0.2) is 5.82 Å². The molecule has 0 saturated heterocycles. The van der Waals surface area contributed by atoms with Crippen molar-refractivity contribution in [1.29, 1.82) is 0 Å². The molecule has 0 aliphatic carbocycles. The number of aromatic nitrogens is 3. The first-order valence-electron chi connectivity index (χ1n) is 6.24. The molecule has 20 heavy (non-hydrogen) atoms. The predicted molar refractivity (Wildman–Crippen MR) is 75.3 cm³/mol. The summed E-state index contributed by atoms with van der Waals surface area (Å²) in [7, 11) is 0. The first kappa shape index (κ1) is 12.4. The van der Waals surface area contributed by atoms with Crippen molar-refractivity contribution < 1.29 is 9.84 Å². The van der Waals surface area contributed by atoms with Gasteiger partial charge in [-0.15, -0.1) is 0 Å². The maximum Gasteiger partial charge on any atom is 0.156 e. The summed E-state index contributed by atoms with van der Waals surface area (Å²) < 4.78 is 7.27. The van der Waals surface area contributed by atoms with Crippen molar-refractivity contribution in [3.63, 3.8) is 0 Å². The van der Waals surface area contributed by atoms with Gasteiger partial charge >= 0.3 is 0 Å². The van der Waals surface area contributed by atoms with Gasteiger partial charge in [0.1, 0.15) is 17.9 Å². The quantitative estimate of drug-likeness (QED) is 0.740. The number of imidazole rings is 1. The Morgan fingerprint density at radius 1 is 1.35 bits per heavy atom. The molecule has 2 aromatic heterocycles. The Kier molecular flexibility index (Phi) is 3.47. The molecule has 3 aromatic rings. The molecule has 0 aliphatic heterocycles. The molecular weight excluding hydrogens is 256 g/mol. The molecule has 0 fully saturated rings. The summed E-state index contributed by atoms with van der Waals surface area (Å²) in [5.41, 5.74) is 1.76. The lowest BCUT2D eigenvalue weighted by Crippen LogP contribution is -2.02. The first-order chi connectivity index (χ1) is 9.86. The molecule has 6 heteroatoms. The number of nitrogens with one attached hydrogen (secondary N) is 1. The second-order valence-corrected chi connectivity index (χ2v) is 4.19. The fourth-order valence-electron chi connectivity index (χ4n) is 1.91. The van der Waals surface area contributed by atoms with Crippen LogP contribution in [0.2, 0.25) is 0 Å². The van der Waals surface area contributed by atoms with E-state index >= 15 is 0 Å². The van der Waals surface area contributed by atoms with E-state index in [0.717, 1.165) is 17.0 Å². The Labute approximate surface area is 115 Å². The van der Waals surface area contributed by atoms with Crippen LogP contribution < -0.4 is 10.1 Å². The number of aliphatic hydroxyl groups is 1. The molecule has 1 aromatic carbocycles. The molecule has 2 heterocycles. The molecule has 0 unspecified atom stereocenters. The Balaban J connectivity index is 1.85. The number of nitrogens with zero attached hydrogens (tertiary/aromatic N) is 3. The molecule has 0 amide bonds. The zero-order valence-corrected chi connectivity index (χ0v) is 10.7. The van der Waals surface area contributed by atoms with Crippen LogP contribution >= 0.6 is 0 Å². The number of fused-ring (bicyclic) bond motifs is 1. The minimum atomic E-state index is -0.00561. The SMILES string of the molecule is OCCOc1cccc(Nc2nccn3cncc23)c1. The summed E-state index contributed by atoms with van der Waals surface area (Å²) in [4.78, 5) is 8.41. The van der Waals surface area contributed by atoms with Gasteiger partial charge < -0.3 is 19.6 Å². The van der Waals surface area contributed by atoms with Crippen LogP contribution in [-0.2, 0) is 0 Å². The fourth-order valence-corrected chi connectivity index (χ4v) is 1.91. The minimum Gasteiger partial charge on any atom is -0.491 e. The molecule has 0 spiro atoms. The molecule has 0 saturated carbocycles. The van der Waals surface area contributed by atoms with Crippen molar-refractivity contribution in [1.82, 2.24) is 14.4 Å². The van der Waals surface area contributed by atoms with Gasteiger partial charge in [-0.25, -0.2) is 9.97 Å². The molecule has 0 radical (unpaired) electrons. The summed E-state index contributed by atoms with van der Waals surface area (Å²) in [6.07, 6.45) is 7.03. The molecule has 0 atom stereocenters. The van der Waals surface area contributed by atoms with E-state index < -0.39 is 0 Å².